The summed E-state index contributed by atoms with van der Waals surface area (Å²) >= 11 is 5.80. The summed E-state index contributed by atoms with van der Waals surface area (Å²) in [6.07, 6.45) is 5.09. The quantitative estimate of drug-likeness (QED) is 0.474. The third-order valence-electron chi connectivity index (χ3n) is 5.22. The summed E-state index contributed by atoms with van der Waals surface area (Å²) in [6.45, 7) is 0. The second-order valence-electron chi connectivity index (χ2n) is 7.26. The average molecular weight is 407 g/mol. The van der Waals surface area contributed by atoms with E-state index < -0.39 is 0 Å². The number of nitrogens with zero attached hydrogens (tertiary/aromatic N) is 4. The predicted molar refractivity (Wildman–Crippen MR) is 113 cm³/mol. The Morgan fingerprint density at radius 2 is 1.83 bits per heavy atom. The van der Waals surface area contributed by atoms with E-state index in [1.807, 2.05) is 41.9 Å². The minimum atomic E-state index is -0.115. The molecule has 5 rings (SSSR count). The van der Waals surface area contributed by atoms with Crippen molar-refractivity contribution in [2.24, 2.45) is 7.05 Å². The van der Waals surface area contributed by atoms with E-state index in [-0.39, 0.29) is 11.5 Å². The lowest BCUT2D eigenvalue weighted by Crippen LogP contribution is -2.21. The van der Waals surface area contributed by atoms with Crippen molar-refractivity contribution in [2.45, 2.75) is 18.4 Å². The molecular formula is C21H19ClN6O. The van der Waals surface area contributed by atoms with Crippen LogP contribution in [-0.4, -0.2) is 19.5 Å². The Bertz CT molecular complexity index is 1180. The summed E-state index contributed by atoms with van der Waals surface area (Å²) in [5.74, 6) is 1.50. The number of rotatable bonds is 5. The third-order valence-corrected chi connectivity index (χ3v) is 5.41. The number of nitrogens with one attached hydrogen (secondary N) is 1. The van der Waals surface area contributed by atoms with Gasteiger partial charge in [0.05, 0.1) is 34.0 Å². The molecule has 4 aromatic rings. The molecule has 2 heterocycles. The molecule has 0 saturated heterocycles. The van der Waals surface area contributed by atoms with Crippen molar-refractivity contribution in [1.29, 1.82) is 0 Å². The van der Waals surface area contributed by atoms with E-state index >= 15 is 0 Å². The summed E-state index contributed by atoms with van der Waals surface area (Å²) in [4.78, 5) is 12.8. The van der Waals surface area contributed by atoms with Gasteiger partial charge in [-0.2, -0.15) is 0 Å². The first-order valence-corrected chi connectivity index (χ1v) is 9.66. The first-order chi connectivity index (χ1) is 14.0. The molecule has 1 aliphatic rings. The number of anilines is 2. The Morgan fingerprint density at radius 1 is 1.10 bits per heavy atom. The number of hydrogen-bond acceptors (Lipinski definition) is 6. The van der Waals surface area contributed by atoms with Gasteiger partial charge >= 0.3 is 6.01 Å². The first-order valence-electron chi connectivity index (χ1n) is 9.29. The predicted octanol–water partition coefficient (Wildman–Crippen LogP) is 4.49. The Labute approximate surface area is 172 Å². The van der Waals surface area contributed by atoms with Gasteiger partial charge in [-0.1, -0.05) is 23.7 Å². The Kier molecular flexibility index (Phi) is 4.06. The van der Waals surface area contributed by atoms with Gasteiger partial charge in [0.1, 0.15) is 5.75 Å². The maximum absolute atomic E-state index is 5.92. The molecule has 0 bridgehead atoms. The van der Waals surface area contributed by atoms with E-state index in [9.17, 15) is 0 Å². The molecule has 7 nitrogen and oxygen atoms in total. The normalized spacial score (nSPS) is 14.7. The topological polar surface area (TPSA) is 90.9 Å². The largest absolute Gasteiger partial charge is 0.424 e. The summed E-state index contributed by atoms with van der Waals surface area (Å²) < 4.78 is 7.72. The zero-order valence-electron chi connectivity index (χ0n) is 15.8. The monoisotopic (exact) mass is 406 g/mol. The fourth-order valence-corrected chi connectivity index (χ4v) is 3.54. The molecule has 0 radical (unpaired) electrons. The van der Waals surface area contributed by atoms with Gasteiger partial charge in [-0.25, -0.2) is 15.0 Å². The number of nitrogens with two attached hydrogens (primary N) is 1. The molecule has 146 valence electrons. The summed E-state index contributed by atoms with van der Waals surface area (Å²) in [5, 5.41) is 4.10. The molecule has 0 amide bonds. The minimum absolute atomic E-state index is 0.115. The highest BCUT2D eigenvalue weighted by molar-refractivity contribution is 6.30. The van der Waals surface area contributed by atoms with Gasteiger partial charge < -0.3 is 20.4 Å². The van der Waals surface area contributed by atoms with Gasteiger partial charge in [0.15, 0.2) is 0 Å². The van der Waals surface area contributed by atoms with Gasteiger partial charge in [-0.3, -0.25) is 0 Å². The van der Waals surface area contributed by atoms with Gasteiger partial charge in [-0.15, -0.1) is 0 Å². The first kappa shape index (κ1) is 17.8. The number of aromatic nitrogens is 4. The van der Waals surface area contributed by atoms with E-state index in [1.165, 1.54) is 18.0 Å². The van der Waals surface area contributed by atoms with Crippen LogP contribution < -0.4 is 15.8 Å². The van der Waals surface area contributed by atoms with E-state index in [1.54, 1.807) is 0 Å². The highest BCUT2D eigenvalue weighted by Crippen LogP contribution is 2.48. The van der Waals surface area contributed by atoms with Crippen LogP contribution in [0.15, 0.2) is 54.9 Å². The van der Waals surface area contributed by atoms with Gasteiger partial charge in [0.25, 0.3) is 0 Å². The number of nitrogen functional groups attached to an aromatic ring is 1. The molecule has 1 aliphatic carbocycles. The molecule has 8 heteroatoms. The highest BCUT2D eigenvalue weighted by Gasteiger charge is 2.45. The number of imidazole rings is 1. The number of aryl methyl sites for hydroxylation is 1. The smallest absolute Gasteiger partial charge is 0.321 e. The van der Waals surface area contributed by atoms with Crippen LogP contribution in [0.2, 0.25) is 5.02 Å². The van der Waals surface area contributed by atoms with Crippen LogP contribution in [0.1, 0.15) is 18.4 Å². The van der Waals surface area contributed by atoms with E-state index in [4.69, 9.17) is 27.1 Å². The SMILES string of the molecule is Cn1c(NC2(c3ccc(Oc4ncc(Cl)cn4)cc3)CC2)nc2ccc(N)cc21. The molecule has 0 aliphatic heterocycles. The highest BCUT2D eigenvalue weighted by atomic mass is 35.5. The van der Waals surface area contributed by atoms with Crippen LogP contribution in [0, 0.1) is 0 Å². The van der Waals surface area contributed by atoms with Crippen molar-refractivity contribution in [3.05, 3.63) is 65.4 Å². The molecule has 1 fully saturated rings. The molecule has 2 aromatic heterocycles. The molecule has 1 saturated carbocycles. The van der Waals surface area contributed by atoms with Crippen molar-refractivity contribution in [1.82, 2.24) is 19.5 Å². The number of ether oxygens (including phenoxy) is 1. The Morgan fingerprint density at radius 3 is 2.52 bits per heavy atom. The lowest BCUT2D eigenvalue weighted by molar-refractivity contribution is 0.441. The van der Waals surface area contributed by atoms with Crippen LogP contribution in [0.5, 0.6) is 11.8 Å². The van der Waals surface area contributed by atoms with E-state index in [0.717, 1.165) is 35.5 Å². The van der Waals surface area contributed by atoms with Crippen LogP contribution in [0.25, 0.3) is 11.0 Å². The number of fused-ring (bicyclic) bond motifs is 1. The zero-order chi connectivity index (χ0) is 20.0. The number of hydrogen-bond donors (Lipinski definition) is 2. The lowest BCUT2D eigenvalue weighted by atomic mass is 10.1. The molecule has 29 heavy (non-hydrogen) atoms. The second-order valence-corrected chi connectivity index (χ2v) is 7.70. The number of benzene rings is 2. The maximum Gasteiger partial charge on any atom is 0.321 e. The molecule has 0 spiro atoms. The van der Waals surface area contributed by atoms with Crippen molar-refractivity contribution >= 4 is 34.3 Å². The lowest BCUT2D eigenvalue weighted by Gasteiger charge is -2.19. The molecular weight excluding hydrogens is 388 g/mol. The molecule has 2 aromatic carbocycles. The zero-order valence-corrected chi connectivity index (χ0v) is 16.5. The molecule has 0 atom stereocenters. The van der Waals surface area contributed by atoms with Crippen molar-refractivity contribution in [3.63, 3.8) is 0 Å². The Hall–Kier alpha value is -3.32. The van der Waals surface area contributed by atoms with E-state index in [2.05, 4.69) is 27.4 Å². The fraction of sp³-hybridized carbons (Fsp3) is 0.190. The molecule has 0 unspecified atom stereocenters. The Balaban J connectivity index is 1.37. The van der Waals surface area contributed by atoms with Gasteiger partial charge in [0.2, 0.25) is 5.95 Å². The third kappa shape index (κ3) is 3.34. The minimum Gasteiger partial charge on any atom is -0.424 e. The van der Waals surface area contributed by atoms with Gasteiger partial charge in [-0.05, 0) is 48.7 Å². The summed E-state index contributed by atoms with van der Waals surface area (Å²) in [7, 11) is 2.00. The van der Waals surface area contributed by atoms with Crippen molar-refractivity contribution < 1.29 is 4.74 Å². The van der Waals surface area contributed by atoms with Crippen LogP contribution in [-0.2, 0) is 12.6 Å². The summed E-state index contributed by atoms with van der Waals surface area (Å²) in [6, 6.07) is 14.0. The summed E-state index contributed by atoms with van der Waals surface area (Å²) in [5.41, 5.74) is 9.66. The van der Waals surface area contributed by atoms with Crippen LogP contribution in [0.3, 0.4) is 0 Å². The number of halogens is 1. The second kappa shape index (κ2) is 6.63. The maximum atomic E-state index is 5.92. The standard InChI is InChI=1S/C21H19ClN6O/c1-28-18-10-15(23)4-7-17(18)26-19(28)27-21(8-9-21)13-2-5-16(6-3-13)29-20-24-11-14(22)12-25-20/h2-7,10-12H,8-9,23H2,1H3,(H,26,27). The average Bonchev–Trinajstić information content (AvgIpc) is 3.44. The van der Waals surface area contributed by atoms with Crippen molar-refractivity contribution in [3.8, 4) is 11.8 Å². The van der Waals surface area contributed by atoms with Gasteiger partial charge in [0, 0.05) is 12.7 Å². The van der Waals surface area contributed by atoms with Crippen molar-refractivity contribution in [2.75, 3.05) is 11.1 Å². The van der Waals surface area contributed by atoms with Crippen LogP contribution in [0.4, 0.5) is 11.6 Å². The van der Waals surface area contributed by atoms with E-state index in [0.29, 0.717) is 10.8 Å². The molecule has 3 N–H and O–H groups in total. The fourth-order valence-electron chi connectivity index (χ4n) is 3.44. The van der Waals surface area contributed by atoms with Crippen LogP contribution >= 0.6 is 11.6 Å².